The lowest BCUT2D eigenvalue weighted by atomic mass is 9.78. The van der Waals surface area contributed by atoms with E-state index in [1.54, 1.807) is 4.68 Å². The van der Waals surface area contributed by atoms with Crippen molar-refractivity contribution in [3.05, 3.63) is 30.3 Å². The van der Waals surface area contributed by atoms with Gasteiger partial charge in [-0.05, 0) is 37.0 Å². The second-order valence-electron chi connectivity index (χ2n) is 6.47. The number of nitrogens with zero attached hydrogens (tertiary/aromatic N) is 3. The van der Waals surface area contributed by atoms with Crippen molar-refractivity contribution >= 4 is 16.9 Å². The third-order valence-electron chi connectivity index (χ3n) is 4.46. The highest BCUT2D eigenvalue weighted by Crippen LogP contribution is 2.31. The molecule has 2 rings (SSSR count). The largest absolute Gasteiger partial charge is 0.478 e. The predicted octanol–water partition coefficient (Wildman–Crippen LogP) is 3.70. The normalized spacial score (nSPS) is 13.3. The van der Waals surface area contributed by atoms with Gasteiger partial charge in [0.25, 0.3) is 0 Å². The first-order valence-electron chi connectivity index (χ1n) is 8.26. The Kier molecular flexibility index (Phi) is 5.42. The molecule has 0 amide bonds. The van der Waals surface area contributed by atoms with Gasteiger partial charge in [-0.15, -0.1) is 5.10 Å². The SMILES string of the molecule is CCO/C(=C/CC(O)(C(C)C)C(C)C)n1nnc2ccccc21. The van der Waals surface area contributed by atoms with Crippen molar-refractivity contribution in [2.24, 2.45) is 11.8 Å². The molecule has 0 bridgehead atoms. The van der Waals surface area contributed by atoms with Crippen molar-refractivity contribution in [3.8, 4) is 0 Å². The summed E-state index contributed by atoms with van der Waals surface area (Å²) in [5, 5.41) is 19.3. The van der Waals surface area contributed by atoms with Crippen LogP contribution in [0.4, 0.5) is 0 Å². The summed E-state index contributed by atoms with van der Waals surface area (Å²) in [6, 6.07) is 7.76. The lowest BCUT2D eigenvalue weighted by Gasteiger charge is -2.35. The average Bonchev–Trinajstić information content (AvgIpc) is 2.94. The molecule has 0 radical (unpaired) electrons. The van der Waals surface area contributed by atoms with Crippen molar-refractivity contribution in [2.75, 3.05) is 6.61 Å². The monoisotopic (exact) mass is 317 g/mol. The van der Waals surface area contributed by atoms with Gasteiger partial charge >= 0.3 is 0 Å². The molecule has 1 aromatic carbocycles. The van der Waals surface area contributed by atoms with Crippen molar-refractivity contribution in [2.45, 2.75) is 46.6 Å². The van der Waals surface area contributed by atoms with Crippen molar-refractivity contribution in [1.29, 1.82) is 0 Å². The lowest BCUT2D eigenvalue weighted by molar-refractivity contribution is -0.0442. The first kappa shape index (κ1) is 17.5. The predicted molar refractivity (Wildman–Crippen MR) is 92.7 cm³/mol. The highest BCUT2D eigenvalue weighted by Gasteiger charge is 2.33. The lowest BCUT2D eigenvalue weighted by Crippen LogP contribution is -2.40. The molecular formula is C18H27N3O2. The van der Waals surface area contributed by atoms with E-state index in [9.17, 15) is 5.11 Å². The second kappa shape index (κ2) is 7.13. The maximum Gasteiger partial charge on any atom is 0.212 e. The molecule has 1 N–H and O–H groups in total. The molecule has 0 aliphatic rings. The van der Waals surface area contributed by atoms with Crippen LogP contribution in [0.15, 0.2) is 30.3 Å². The van der Waals surface area contributed by atoms with E-state index < -0.39 is 5.60 Å². The maximum atomic E-state index is 10.9. The highest BCUT2D eigenvalue weighted by atomic mass is 16.5. The third-order valence-corrected chi connectivity index (χ3v) is 4.46. The molecule has 23 heavy (non-hydrogen) atoms. The molecule has 1 aromatic heterocycles. The number of para-hydroxylation sites is 1. The number of rotatable bonds is 7. The fourth-order valence-electron chi connectivity index (χ4n) is 2.78. The Balaban J connectivity index is 2.38. The fraction of sp³-hybridized carbons (Fsp3) is 0.556. The minimum Gasteiger partial charge on any atom is -0.478 e. The summed E-state index contributed by atoms with van der Waals surface area (Å²) >= 11 is 0. The van der Waals surface area contributed by atoms with E-state index in [0.717, 1.165) is 11.0 Å². The van der Waals surface area contributed by atoms with Gasteiger partial charge in [0.05, 0.1) is 17.7 Å². The van der Waals surface area contributed by atoms with Crippen LogP contribution < -0.4 is 0 Å². The van der Waals surface area contributed by atoms with Gasteiger partial charge in [0, 0.05) is 6.42 Å². The minimum absolute atomic E-state index is 0.147. The number of hydrogen-bond acceptors (Lipinski definition) is 4. The van der Waals surface area contributed by atoms with Gasteiger partial charge < -0.3 is 9.84 Å². The van der Waals surface area contributed by atoms with Crippen LogP contribution in [0.2, 0.25) is 0 Å². The first-order chi connectivity index (χ1) is 10.9. The molecule has 0 unspecified atom stereocenters. The Morgan fingerprint density at radius 3 is 2.52 bits per heavy atom. The molecule has 0 saturated carbocycles. The number of ether oxygens (including phenoxy) is 1. The number of hydrogen-bond donors (Lipinski definition) is 1. The Bertz CT molecular complexity index is 666. The van der Waals surface area contributed by atoms with E-state index in [2.05, 4.69) is 10.3 Å². The molecule has 2 aromatic rings. The van der Waals surface area contributed by atoms with Crippen LogP contribution in [0.1, 0.15) is 41.0 Å². The molecule has 0 fully saturated rings. The Morgan fingerprint density at radius 1 is 1.26 bits per heavy atom. The molecule has 0 spiro atoms. The topological polar surface area (TPSA) is 60.2 Å². The molecule has 5 nitrogen and oxygen atoms in total. The van der Waals surface area contributed by atoms with E-state index in [0.29, 0.717) is 18.9 Å². The maximum absolute atomic E-state index is 10.9. The second-order valence-corrected chi connectivity index (χ2v) is 6.47. The summed E-state index contributed by atoms with van der Waals surface area (Å²) in [6.45, 7) is 10.6. The standard InChI is InChI=1S/C18H27N3O2/c1-6-23-17(11-12-18(22,13(2)3)14(4)5)21-16-10-8-7-9-15(16)19-20-21/h7-11,13-14,22H,6,12H2,1-5H3/b17-11+. The van der Waals surface area contributed by atoms with Gasteiger partial charge in [-0.25, -0.2) is 0 Å². The van der Waals surface area contributed by atoms with Crippen LogP contribution >= 0.6 is 0 Å². The highest BCUT2D eigenvalue weighted by molar-refractivity contribution is 5.76. The minimum atomic E-state index is -0.779. The summed E-state index contributed by atoms with van der Waals surface area (Å²) in [5.41, 5.74) is 0.935. The van der Waals surface area contributed by atoms with Crippen LogP contribution in [0, 0.1) is 11.8 Å². The van der Waals surface area contributed by atoms with Crippen molar-refractivity contribution < 1.29 is 9.84 Å². The summed E-state index contributed by atoms with van der Waals surface area (Å²) in [4.78, 5) is 0. The number of aromatic nitrogens is 3. The van der Waals surface area contributed by atoms with Crippen LogP contribution in [-0.2, 0) is 4.74 Å². The molecule has 126 valence electrons. The number of fused-ring (bicyclic) bond motifs is 1. The van der Waals surface area contributed by atoms with E-state index in [1.807, 2.05) is 65.0 Å². The zero-order chi connectivity index (χ0) is 17.0. The van der Waals surface area contributed by atoms with Gasteiger partial charge in [-0.2, -0.15) is 4.68 Å². The quantitative estimate of drug-likeness (QED) is 0.791. The van der Waals surface area contributed by atoms with Crippen LogP contribution in [0.25, 0.3) is 16.9 Å². The molecule has 5 heteroatoms. The van der Waals surface area contributed by atoms with Gasteiger partial charge in [-0.3, -0.25) is 0 Å². The van der Waals surface area contributed by atoms with E-state index in [1.165, 1.54) is 0 Å². The van der Waals surface area contributed by atoms with Gasteiger partial charge in [0.1, 0.15) is 5.52 Å². The zero-order valence-electron chi connectivity index (χ0n) is 14.7. The van der Waals surface area contributed by atoms with Crippen LogP contribution in [0.5, 0.6) is 0 Å². The Hall–Kier alpha value is -1.88. The summed E-state index contributed by atoms with van der Waals surface area (Å²) < 4.78 is 7.45. The summed E-state index contributed by atoms with van der Waals surface area (Å²) in [5.74, 6) is 0.907. The first-order valence-corrected chi connectivity index (χ1v) is 8.26. The molecule has 0 aliphatic heterocycles. The smallest absolute Gasteiger partial charge is 0.212 e. The molecule has 1 heterocycles. The van der Waals surface area contributed by atoms with Crippen molar-refractivity contribution in [1.82, 2.24) is 15.0 Å². The fourth-order valence-corrected chi connectivity index (χ4v) is 2.78. The number of aliphatic hydroxyl groups is 1. The van der Waals surface area contributed by atoms with Crippen LogP contribution in [0.3, 0.4) is 0 Å². The van der Waals surface area contributed by atoms with Gasteiger partial charge in [0.15, 0.2) is 0 Å². The summed E-state index contributed by atoms with van der Waals surface area (Å²) in [7, 11) is 0. The van der Waals surface area contributed by atoms with E-state index in [-0.39, 0.29) is 11.8 Å². The molecule has 0 atom stereocenters. The zero-order valence-corrected chi connectivity index (χ0v) is 14.7. The summed E-state index contributed by atoms with van der Waals surface area (Å²) in [6.07, 6.45) is 2.43. The van der Waals surface area contributed by atoms with E-state index >= 15 is 0 Å². The van der Waals surface area contributed by atoms with E-state index in [4.69, 9.17) is 4.74 Å². The molecule has 0 aliphatic carbocycles. The molecule has 0 saturated heterocycles. The van der Waals surface area contributed by atoms with Crippen LogP contribution in [-0.4, -0.2) is 32.3 Å². The van der Waals surface area contributed by atoms with Crippen molar-refractivity contribution in [3.63, 3.8) is 0 Å². The van der Waals surface area contributed by atoms with Gasteiger partial charge in [0.2, 0.25) is 5.88 Å². The third kappa shape index (κ3) is 3.55. The Morgan fingerprint density at radius 2 is 1.91 bits per heavy atom. The number of benzene rings is 1. The molecular weight excluding hydrogens is 290 g/mol. The Labute approximate surface area is 138 Å². The van der Waals surface area contributed by atoms with Gasteiger partial charge in [-0.1, -0.05) is 45.0 Å². The average molecular weight is 317 g/mol.